The summed E-state index contributed by atoms with van der Waals surface area (Å²) < 4.78 is 5.96. The fourth-order valence-electron chi connectivity index (χ4n) is 2.90. The lowest BCUT2D eigenvalue weighted by molar-refractivity contribution is -0.128. The molecule has 30 heavy (non-hydrogen) atoms. The molecule has 2 aromatic rings. The van der Waals surface area contributed by atoms with Crippen molar-refractivity contribution in [3.05, 3.63) is 54.1 Å². The quantitative estimate of drug-likeness (QED) is 0.609. The monoisotopic (exact) mass is 410 g/mol. The van der Waals surface area contributed by atoms with E-state index in [1.807, 2.05) is 38.1 Å². The number of rotatable bonds is 7. The van der Waals surface area contributed by atoms with Crippen LogP contribution >= 0.6 is 0 Å². The lowest BCUT2D eigenvalue weighted by Gasteiger charge is -2.26. The molecule has 0 saturated heterocycles. The van der Waals surface area contributed by atoms with Crippen molar-refractivity contribution in [2.24, 2.45) is 5.92 Å². The summed E-state index contributed by atoms with van der Waals surface area (Å²) in [5.74, 6) is 0.602. The molecule has 0 unspecified atom stereocenters. The minimum absolute atomic E-state index is 0.0455. The zero-order valence-electron chi connectivity index (χ0n) is 19.1. The van der Waals surface area contributed by atoms with Crippen LogP contribution in [-0.4, -0.2) is 17.4 Å². The van der Waals surface area contributed by atoms with Crippen LogP contribution < -0.4 is 15.4 Å². The normalized spacial score (nSPS) is 11.9. The molecule has 0 radical (unpaired) electrons. The number of carbonyl (C=O) groups excluding carboxylic acids is 2. The highest BCUT2D eigenvalue weighted by molar-refractivity contribution is 5.98. The second kappa shape index (κ2) is 9.33. The Morgan fingerprint density at radius 2 is 1.47 bits per heavy atom. The van der Waals surface area contributed by atoms with Crippen molar-refractivity contribution in [3.63, 3.8) is 0 Å². The van der Waals surface area contributed by atoms with Gasteiger partial charge in [0.1, 0.15) is 5.75 Å². The first-order chi connectivity index (χ1) is 13.9. The van der Waals surface area contributed by atoms with Crippen molar-refractivity contribution in [2.45, 2.75) is 65.9 Å². The maximum absolute atomic E-state index is 12.8. The minimum Gasteiger partial charge on any atom is -0.478 e. The Kier molecular flexibility index (Phi) is 7.30. The largest absolute Gasteiger partial charge is 0.478 e. The first-order valence-electron chi connectivity index (χ1n) is 10.4. The van der Waals surface area contributed by atoms with Gasteiger partial charge in [-0.05, 0) is 61.1 Å². The van der Waals surface area contributed by atoms with E-state index in [1.165, 1.54) is 5.56 Å². The molecular formula is C25H34N2O3. The number of benzene rings is 2. The molecule has 0 saturated carbocycles. The van der Waals surface area contributed by atoms with Gasteiger partial charge in [-0.2, -0.15) is 0 Å². The second-order valence-electron chi connectivity index (χ2n) is 9.57. The van der Waals surface area contributed by atoms with E-state index in [0.29, 0.717) is 23.5 Å². The Hall–Kier alpha value is -2.82. The molecular weight excluding hydrogens is 376 g/mol. The summed E-state index contributed by atoms with van der Waals surface area (Å²) in [5, 5.41) is 5.74. The number of anilines is 2. The maximum Gasteiger partial charge on any atom is 0.267 e. The average molecular weight is 411 g/mol. The molecule has 0 heterocycles. The fourth-order valence-corrected chi connectivity index (χ4v) is 2.90. The van der Waals surface area contributed by atoms with Crippen LogP contribution in [0.2, 0.25) is 0 Å². The van der Waals surface area contributed by atoms with Gasteiger partial charge in [0, 0.05) is 17.8 Å². The van der Waals surface area contributed by atoms with Crippen molar-refractivity contribution in [1.29, 1.82) is 0 Å². The summed E-state index contributed by atoms with van der Waals surface area (Å²) in [7, 11) is 0. The summed E-state index contributed by atoms with van der Waals surface area (Å²) in [6, 6.07) is 14.9. The van der Waals surface area contributed by atoms with Gasteiger partial charge >= 0.3 is 0 Å². The predicted molar refractivity (Wildman–Crippen MR) is 123 cm³/mol. The van der Waals surface area contributed by atoms with Gasteiger partial charge in [-0.25, -0.2) is 0 Å². The van der Waals surface area contributed by atoms with Gasteiger partial charge in [-0.3, -0.25) is 9.59 Å². The second-order valence-corrected chi connectivity index (χ2v) is 9.57. The highest BCUT2D eigenvalue weighted by Crippen LogP contribution is 2.26. The molecule has 0 aromatic heterocycles. The van der Waals surface area contributed by atoms with Crippen molar-refractivity contribution in [3.8, 4) is 5.75 Å². The van der Waals surface area contributed by atoms with E-state index in [-0.39, 0.29) is 23.1 Å². The van der Waals surface area contributed by atoms with E-state index in [0.717, 1.165) is 0 Å². The molecule has 2 N–H and O–H groups in total. The van der Waals surface area contributed by atoms with Crippen LogP contribution in [0.5, 0.6) is 5.75 Å². The first kappa shape index (κ1) is 23.5. The molecule has 5 nitrogen and oxygen atoms in total. The fraction of sp³-hybridized carbons (Fsp3) is 0.440. The van der Waals surface area contributed by atoms with E-state index >= 15 is 0 Å². The summed E-state index contributed by atoms with van der Waals surface area (Å²) in [4.78, 5) is 24.8. The number of nitrogens with one attached hydrogen (secondary N) is 2. The van der Waals surface area contributed by atoms with Gasteiger partial charge in [0.15, 0.2) is 5.60 Å². The number of amides is 2. The number of hydrogen-bond donors (Lipinski definition) is 2. The Bertz CT molecular complexity index is 878. The molecule has 0 aliphatic heterocycles. The zero-order valence-corrected chi connectivity index (χ0v) is 19.1. The van der Waals surface area contributed by atoms with Crippen LogP contribution in [0.1, 0.15) is 60.5 Å². The standard InChI is InChI=1S/C25H34N2O3/c1-17(2)15-22(28)26-19-9-8-10-20(16-19)27-23(29)25(6,7)30-21-13-11-18(12-14-21)24(3,4)5/h8-14,16-17H,15H2,1-7H3,(H,26,28)(H,27,29). The molecule has 0 aliphatic carbocycles. The smallest absolute Gasteiger partial charge is 0.267 e. The molecule has 0 atom stereocenters. The van der Waals surface area contributed by atoms with E-state index in [9.17, 15) is 9.59 Å². The molecule has 0 aliphatic rings. The Balaban J connectivity index is 2.03. The van der Waals surface area contributed by atoms with Crippen LogP contribution in [0.3, 0.4) is 0 Å². The third kappa shape index (κ3) is 6.90. The Morgan fingerprint density at radius 3 is 2.00 bits per heavy atom. The number of hydrogen-bond acceptors (Lipinski definition) is 3. The van der Waals surface area contributed by atoms with Crippen LogP contribution in [0.25, 0.3) is 0 Å². The van der Waals surface area contributed by atoms with E-state index in [4.69, 9.17) is 4.74 Å². The van der Waals surface area contributed by atoms with Crippen LogP contribution in [0.4, 0.5) is 11.4 Å². The third-order valence-corrected chi connectivity index (χ3v) is 4.64. The van der Waals surface area contributed by atoms with Crippen LogP contribution in [-0.2, 0) is 15.0 Å². The van der Waals surface area contributed by atoms with E-state index in [2.05, 4.69) is 31.4 Å². The minimum atomic E-state index is -1.07. The lowest BCUT2D eigenvalue weighted by Crippen LogP contribution is -2.42. The Labute approximate surface area is 180 Å². The van der Waals surface area contributed by atoms with Crippen molar-refractivity contribution >= 4 is 23.2 Å². The molecule has 0 spiro atoms. The van der Waals surface area contributed by atoms with Crippen molar-refractivity contribution in [1.82, 2.24) is 0 Å². The lowest BCUT2D eigenvalue weighted by atomic mass is 9.87. The molecule has 2 aromatic carbocycles. The summed E-state index contributed by atoms with van der Waals surface area (Å²) in [6.45, 7) is 13.9. The van der Waals surface area contributed by atoms with E-state index in [1.54, 1.807) is 38.1 Å². The maximum atomic E-state index is 12.8. The molecule has 5 heteroatoms. The highest BCUT2D eigenvalue weighted by atomic mass is 16.5. The summed E-state index contributed by atoms with van der Waals surface area (Å²) >= 11 is 0. The van der Waals surface area contributed by atoms with Gasteiger partial charge in [0.25, 0.3) is 5.91 Å². The van der Waals surface area contributed by atoms with Crippen LogP contribution in [0, 0.1) is 5.92 Å². The molecule has 0 fully saturated rings. The first-order valence-corrected chi connectivity index (χ1v) is 10.4. The molecule has 162 valence electrons. The average Bonchev–Trinajstić information content (AvgIpc) is 2.60. The summed E-state index contributed by atoms with van der Waals surface area (Å²) in [6.07, 6.45) is 0.450. The van der Waals surface area contributed by atoms with Crippen molar-refractivity contribution in [2.75, 3.05) is 10.6 Å². The summed E-state index contributed by atoms with van der Waals surface area (Å²) in [5.41, 5.74) is 1.44. The molecule has 2 amide bonds. The van der Waals surface area contributed by atoms with Gasteiger partial charge in [0.05, 0.1) is 0 Å². The number of carbonyl (C=O) groups is 2. The van der Waals surface area contributed by atoms with E-state index < -0.39 is 5.60 Å². The van der Waals surface area contributed by atoms with Gasteiger partial charge in [-0.1, -0.05) is 52.8 Å². The highest BCUT2D eigenvalue weighted by Gasteiger charge is 2.30. The van der Waals surface area contributed by atoms with Gasteiger partial charge < -0.3 is 15.4 Å². The van der Waals surface area contributed by atoms with Gasteiger partial charge in [0.2, 0.25) is 5.91 Å². The molecule has 0 bridgehead atoms. The number of ether oxygens (including phenoxy) is 1. The SMILES string of the molecule is CC(C)CC(=O)Nc1cccc(NC(=O)C(C)(C)Oc2ccc(C(C)(C)C)cc2)c1. The Morgan fingerprint density at radius 1 is 0.900 bits per heavy atom. The predicted octanol–water partition coefficient (Wildman–Crippen LogP) is 5.76. The topological polar surface area (TPSA) is 67.4 Å². The third-order valence-electron chi connectivity index (χ3n) is 4.64. The van der Waals surface area contributed by atoms with Crippen LogP contribution in [0.15, 0.2) is 48.5 Å². The molecule has 2 rings (SSSR count). The van der Waals surface area contributed by atoms with Crippen molar-refractivity contribution < 1.29 is 14.3 Å². The van der Waals surface area contributed by atoms with Gasteiger partial charge in [-0.15, -0.1) is 0 Å². The zero-order chi connectivity index (χ0) is 22.5.